The van der Waals surface area contributed by atoms with E-state index in [1.807, 2.05) is 0 Å². The summed E-state index contributed by atoms with van der Waals surface area (Å²) in [6, 6.07) is 9.07. The molecule has 2 rings (SSSR count). The smallest absolute Gasteiger partial charge is 0.416 e. The maximum atomic E-state index is 12.7. The fourth-order valence-corrected chi connectivity index (χ4v) is 2.05. The number of anilines is 1. The SMILES string of the molecule is CCOc1cccc(C(=O)Nc2cc(C(F)(F)F)ccc2Cl)c1. The molecule has 2 aromatic rings. The van der Waals surface area contributed by atoms with Crippen LogP contribution < -0.4 is 10.1 Å². The molecule has 0 fully saturated rings. The lowest BCUT2D eigenvalue weighted by Gasteiger charge is -2.12. The molecule has 0 aromatic heterocycles. The van der Waals surface area contributed by atoms with Gasteiger partial charge in [0, 0.05) is 5.56 Å². The number of rotatable bonds is 4. The Morgan fingerprint density at radius 2 is 1.96 bits per heavy atom. The number of carbonyl (C=O) groups is 1. The summed E-state index contributed by atoms with van der Waals surface area (Å²) in [7, 11) is 0. The number of carbonyl (C=O) groups excluding carboxylic acids is 1. The summed E-state index contributed by atoms with van der Waals surface area (Å²) in [5.41, 5.74) is -0.738. The van der Waals surface area contributed by atoms with Crippen LogP contribution in [-0.4, -0.2) is 12.5 Å². The largest absolute Gasteiger partial charge is 0.494 e. The van der Waals surface area contributed by atoms with Gasteiger partial charge in [-0.1, -0.05) is 17.7 Å². The van der Waals surface area contributed by atoms with Crippen LogP contribution in [0, 0.1) is 0 Å². The predicted molar refractivity (Wildman–Crippen MR) is 82.0 cm³/mol. The van der Waals surface area contributed by atoms with E-state index in [1.165, 1.54) is 12.1 Å². The molecule has 0 atom stereocenters. The van der Waals surface area contributed by atoms with E-state index in [0.717, 1.165) is 18.2 Å². The molecule has 1 N–H and O–H groups in total. The van der Waals surface area contributed by atoms with Crippen molar-refractivity contribution >= 4 is 23.2 Å². The van der Waals surface area contributed by atoms with Crippen molar-refractivity contribution in [3.05, 3.63) is 58.6 Å². The van der Waals surface area contributed by atoms with E-state index in [4.69, 9.17) is 16.3 Å². The Hall–Kier alpha value is -2.21. The second-order valence-electron chi connectivity index (χ2n) is 4.61. The van der Waals surface area contributed by atoms with Gasteiger partial charge in [-0.15, -0.1) is 0 Å². The molecule has 0 heterocycles. The lowest BCUT2D eigenvalue weighted by Crippen LogP contribution is -2.13. The maximum Gasteiger partial charge on any atom is 0.416 e. The molecular formula is C16H13ClF3NO2. The van der Waals surface area contributed by atoms with Crippen LogP contribution in [-0.2, 0) is 6.18 Å². The first-order valence-electron chi connectivity index (χ1n) is 6.72. The monoisotopic (exact) mass is 343 g/mol. The van der Waals surface area contributed by atoms with Crippen molar-refractivity contribution in [3.63, 3.8) is 0 Å². The van der Waals surface area contributed by atoms with Crippen molar-refractivity contribution in [2.45, 2.75) is 13.1 Å². The zero-order chi connectivity index (χ0) is 17.0. The second-order valence-corrected chi connectivity index (χ2v) is 5.01. The van der Waals surface area contributed by atoms with Gasteiger partial charge in [-0.25, -0.2) is 0 Å². The Morgan fingerprint density at radius 3 is 2.61 bits per heavy atom. The molecule has 0 aliphatic heterocycles. The van der Waals surface area contributed by atoms with Crippen molar-refractivity contribution in [3.8, 4) is 5.75 Å². The van der Waals surface area contributed by atoms with Crippen LogP contribution in [0.4, 0.5) is 18.9 Å². The van der Waals surface area contributed by atoms with Crippen LogP contribution in [0.3, 0.4) is 0 Å². The molecule has 3 nitrogen and oxygen atoms in total. The minimum absolute atomic E-state index is 0.0207. The zero-order valence-corrected chi connectivity index (χ0v) is 12.8. The summed E-state index contributed by atoms with van der Waals surface area (Å²) in [4.78, 5) is 12.2. The zero-order valence-electron chi connectivity index (χ0n) is 12.1. The number of ether oxygens (including phenoxy) is 1. The van der Waals surface area contributed by atoms with Crippen LogP contribution >= 0.6 is 11.6 Å². The van der Waals surface area contributed by atoms with Gasteiger partial charge in [-0.2, -0.15) is 13.2 Å². The number of benzene rings is 2. The van der Waals surface area contributed by atoms with E-state index in [0.29, 0.717) is 12.4 Å². The average Bonchev–Trinajstić information content (AvgIpc) is 2.49. The van der Waals surface area contributed by atoms with Gasteiger partial charge in [0.15, 0.2) is 0 Å². The van der Waals surface area contributed by atoms with E-state index < -0.39 is 17.6 Å². The summed E-state index contributed by atoms with van der Waals surface area (Å²) in [5, 5.41) is 2.40. The first-order chi connectivity index (χ1) is 10.8. The maximum absolute atomic E-state index is 12.7. The van der Waals surface area contributed by atoms with Crippen molar-refractivity contribution < 1.29 is 22.7 Å². The Balaban J connectivity index is 2.25. The molecule has 0 saturated carbocycles. The van der Waals surface area contributed by atoms with Gasteiger partial charge in [0.25, 0.3) is 5.91 Å². The molecule has 122 valence electrons. The van der Waals surface area contributed by atoms with E-state index >= 15 is 0 Å². The van der Waals surface area contributed by atoms with Gasteiger partial charge in [0.1, 0.15) is 5.75 Å². The minimum atomic E-state index is -4.51. The molecule has 0 aliphatic rings. The number of hydrogen-bond donors (Lipinski definition) is 1. The number of alkyl halides is 3. The van der Waals surface area contributed by atoms with E-state index in [2.05, 4.69) is 5.32 Å². The molecule has 1 amide bonds. The number of hydrogen-bond acceptors (Lipinski definition) is 2. The van der Waals surface area contributed by atoms with Gasteiger partial charge < -0.3 is 10.1 Å². The highest BCUT2D eigenvalue weighted by atomic mass is 35.5. The number of halogens is 4. The van der Waals surface area contributed by atoms with Crippen LogP contribution in [0.2, 0.25) is 5.02 Å². The lowest BCUT2D eigenvalue weighted by molar-refractivity contribution is -0.137. The van der Waals surface area contributed by atoms with Gasteiger partial charge in [0.2, 0.25) is 0 Å². The lowest BCUT2D eigenvalue weighted by atomic mass is 10.1. The fraction of sp³-hybridized carbons (Fsp3) is 0.188. The minimum Gasteiger partial charge on any atom is -0.494 e. The van der Waals surface area contributed by atoms with Crippen molar-refractivity contribution in [1.29, 1.82) is 0 Å². The third kappa shape index (κ3) is 4.39. The standard InChI is InChI=1S/C16H13ClF3NO2/c1-2-23-12-5-3-4-10(8-12)15(22)21-14-9-11(16(18,19)20)6-7-13(14)17/h3-9H,2H2,1H3,(H,21,22). The molecule has 2 aromatic carbocycles. The normalized spacial score (nSPS) is 11.2. The molecule has 0 bridgehead atoms. The Kier molecular flexibility index (Phi) is 5.15. The molecular weight excluding hydrogens is 331 g/mol. The van der Waals surface area contributed by atoms with Gasteiger partial charge in [-0.05, 0) is 43.3 Å². The van der Waals surface area contributed by atoms with E-state index in [-0.39, 0.29) is 16.3 Å². The molecule has 0 saturated heterocycles. The molecule has 23 heavy (non-hydrogen) atoms. The molecule has 7 heteroatoms. The first-order valence-corrected chi connectivity index (χ1v) is 7.10. The average molecular weight is 344 g/mol. The third-order valence-electron chi connectivity index (χ3n) is 2.95. The summed E-state index contributed by atoms with van der Waals surface area (Å²) in [6.45, 7) is 2.24. The van der Waals surface area contributed by atoms with Crippen molar-refractivity contribution in [2.75, 3.05) is 11.9 Å². The Morgan fingerprint density at radius 1 is 1.22 bits per heavy atom. The Bertz CT molecular complexity index is 717. The fourth-order valence-electron chi connectivity index (χ4n) is 1.89. The highest BCUT2D eigenvalue weighted by molar-refractivity contribution is 6.34. The van der Waals surface area contributed by atoms with Crippen LogP contribution in [0.5, 0.6) is 5.75 Å². The molecule has 0 radical (unpaired) electrons. The molecule has 0 spiro atoms. The third-order valence-corrected chi connectivity index (χ3v) is 3.28. The van der Waals surface area contributed by atoms with E-state index in [9.17, 15) is 18.0 Å². The van der Waals surface area contributed by atoms with Crippen molar-refractivity contribution in [2.24, 2.45) is 0 Å². The molecule has 0 aliphatic carbocycles. The second kappa shape index (κ2) is 6.91. The van der Waals surface area contributed by atoms with Crippen LogP contribution in [0.1, 0.15) is 22.8 Å². The number of amides is 1. The van der Waals surface area contributed by atoms with Gasteiger partial charge in [-0.3, -0.25) is 4.79 Å². The summed E-state index contributed by atoms with van der Waals surface area (Å²) < 4.78 is 43.5. The first kappa shape index (κ1) is 17.1. The van der Waals surface area contributed by atoms with Gasteiger partial charge >= 0.3 is 6.18 Å². The topological polar surface area (TPSA) is 38.3 Å². The van der Waals surface area contributed by atoms with Crippen LogP contribution in [0.15, 0.2) is 42.5 Å². The summed E-state index contributed by atoms with van der Waals surface area (Å²) in [5.74, 6) is -0.0805. The summed E-state index contributed by atoms with van der Waals surface area (Å²) in [6.07, 6.45) is -4.51. The van der Waals surface area contributed by atoms with Crippen LogP contribution in [0.25, 0.3) is 0 Å². The highest BCUT2D eigenvalue weighted by Crippen LogP contribution is 2.34. The highest BCUT2D eigenvalue weighted by Gasteiger charge is 2.31. The Labute approximate surface area is 136 Å². The summed E-state index contributed by atoms with van der Waals surface area (Å²) >= 11 is 5.85. The van der Waals surface area contributed by atoms with Crippen molar-refractivity contribution in [1.82, 2.24) is 0 Å². The molecule has 0 unspecified atom stereocenters. The predicted octanol–water partition coefficient (Wildman–Crippen LogP) is 5.01. The van der Waals surface area contributed by atoms with Gasteiger partial charge in [0.05, 0.1) is 22.9 Å². The number of nitrogens with one attached hydrogen (secondary N) is 1. The van der Waals surface area contributed by atoms with E-state index in [1.54, 1.807) is 19.1 Å². The quantitative estimate of drug-likeness (QED) is 0.847.